The van der Waals surface area contributed by atoms with E-state index in [4.69, 9.17) is 14.2 Å². The number of carbonyl (C=O) groups excluding carboxylic acids is 1. The van der Waals surface area contributed by atoms with Crippen molar-refractivity contribution in [1.29, 1.82) is 0 Å². The molecule has 1 heterocycles. The number of methoxy groups -OCH3 is 2. The number of anilines is 2. The number of nitrogens with one attached hydrogen (secondary N) is 2. The number of aromatic nitrogens is 2. The zero-order valence-corrected chi connectivity index (χ0v) is 20.9. The highest BCUT2D eigenvalue weighted by Crippen LogP contribution is 2.32. The van der Waals surface area contributed by atoms with Crippen LogP contribution in [0.4, 0.5) is 16.2 Å². The fourth-order valence-corrected chi connectivity index (χ4v) is 3.37. The van der Waals surface area contributed by atoms with Gasteiger partial charge in [0.2, 0.25) is 0 Å². The van der Waals surface area contributed by atoms with Crippen molar-refractivity contribution in [3.05, 3.63) is 54.9 Å². The van der Waals surface area contributed by atoms with Gasteiger partial charge in [-0.3, -0.25) is 0 Å². The molecule has 3 rings (SSSR count). The summed E-state index contributed by atoms with van der Waals surface area (Å²) in [7, 11) is 3.28. The van der Waals surface area contributed by atoms with Crippen molar-refractivity contribution in [3.63, 3.8) is 0 Å². The standard InChI is InChI=1S/C26H34N4O4/c1-25(2,3)34-24(31)30-16-18(15-28-30)22-12-11-19(14-23(22)33-7)27-17-26(4,5)29-20-9-8-10-21(13-20)32-6/h8-16,27,29H,17H2,1-7H3. The Morgan fingerprint density at radius 3 is 2.44 bits per heavy atom. The minimum absolute atomic E-state index is 0.229. The zero-order valence-electron chi connectivity index (χ0n) is 20.9. The monoisotopic (exact) mass is 466 g/mol. The number of carbonyl (C=O) groups is 1. The first kappa shape index (κ1) is 25.0. The Morgan fingerprint density at radius 2 is 1.76 bits per heavy atom. The Kier molecular flexibility index (Phi) is 7.39. The van der Waals surface area contributed by atoms with E-state index in [1.165, 1.54) is 4.68 Å². The van der Waals surface area contributed by atoms with Crippen molar-refractivity contribution in [1.82, 2.24) is 9.78 Å². The maximum absolute atomic E-state index is 12.3. The van der Waals surface area contributed by atoms with Gasteiger partial charge < -0.3 is 24.8 Å². The molecule has 0 unspecified atom stereocenters. The van der Waals surface area contributed by atoms with E-state index in [9.17, 15) is 4.79 Å². The predicted molar refractivity (Wildman–Crippen MR) is 135 cm³/mol. The molecule has 0 radical (unpaired) electrons. The summed E-state index contributed by atoms with van der Waals surface area (Å²) in [5, 5.41) is 11.1. The largest absolute Gasteiger partial charge is 0.497 e. The molecule has 182 valence electrons. The highest BCUT2D eigenvalue weighted by atomic mass is 16.6. The quantitative estimate of drug-likeness (QED) is 0.443. The summed E-state index contributed by atoms with van der Waals surface area (Å²) in [6.07, 6.45) is 2.73. The second-order valence-electron chi connectivity index (χ2n) is 9.66. The third kappa shape index (κ3) is 6.66. The van der Waals surface area contributed by atoms with E-state index in [1.807, 2.05) is 63.2 Å². The van der Waals surface area contributed by atoms with Crippen LogP contribution in [0.3, 0.4) is 0 Å². The van der Waals surface area contributed by atoms with E-state index in [0.29, 0.717) is 12.3 Å². The number of hydrogen-bond acceptors (Lipinski definition) is 7. The SMILES string of the molecule is COc1cccc(NC(C)(C)CNc2ccc(-c3cnn(C(=O)OC(C)(C)C)c3)c(OC)c2)c1. The van der Waals surface area contributed by atoms with Crippen LogP contribution < -0.4 is 20.1 Å². The van der Waals surface area contributed by atoms with E-state index >= 15 is 0 Å². The van der Waals surface area contributed by atoms with Crippen LogP contribution in [0.25, 0.3) is 11.1 Å². The lowest BCUT2D eigenvalue weighted by atomic mass is 10.0. The number of hydrogen-bond donors (Lipinski definition) is 2. The average molecular weight is 467 g/mol. The smallest absolute Gasteiger partial charge is 0.435 e. The van der Waals surface area contributed by atoms with Gasteiger partial charge in [-0.1, -0.05) is 6.07 Å². The van der Waals surface area contributed by atoms with Crippen molar-refractivity contribution in [2.75, 3.05) is 31.4 Å². The van der Waals surface area contributed by atoms with Crippen LogP contribution in [-0.4, -0.2) is 47.8 Å². The van der Waals surface area contributed by atoms with Crippen molar-refractivity contribution in [3.8, 4) is 22.6 Å². The van der Waals surface area contributed by atoms with Gasteiger partial charge in [-0.25, -0.2) is 4.79 Å². The van der Waals surface area contributed by atoms with Crippen LogP contribution in [-0.2, 0) is 4.74 Å². The fourth-order valence-electron chi connectivity index (χ4n) is 3.37. The molecule has 2 N–H and O–H groups in total. The second kappa shape index (κ2) is 10.1. The van der Waals surface area contributed by atoms with Crippen LogP contribution in [0.15, 0.2) is 54.9 Å². The Labute approximate surface area is 201 Å². The van der Waals surface area contributed by atoms with Gasteiger partial charge in [0.25, 0.3) is 0 Å². The molecule has 2 aromatic carbocycles. The van der Waals surface area contributed by atoms with E-state index in [1.54, 1.807) is 26.6 Å². The van der Waals surface area contributed by atoms with Gasteiger partial charge >= 0.3 is 6.09 Å². The lowest BCUT2D eigenvalue weighted by Crippen LogP contribution is -2.38. The molecule has 0 atom stereocenters. The number of nitrogens with zero attached hydrogens (tertiary/aromatic N) is 2. The summed E-state index contributed by atoms with van der Waals surface area (Å²) in [4.78, 5) is 12.3. The molecule has 0 spiro atoms. The van der Waals surface area contributed by atoms with Crippen molar-refractivity contribution < 1.29 is 19.0 Å². The number of benzene rings is 2. The van der Waals surface area contributed by atoms with Gasteiger partial charge in [0.1, 0.15) is 17.1 Å². The van der Waals surface area contributed by atoms with Crippen LogP contribution in [0, 0.1) is 0 Å². The molecule has 0 fully saturated rings. The van der Waals surface area contributed by atoms with Gasteiger partial charge in [-0.15, -0.1) is 0 Å². The Bertz CT molecular complexity index is 1130. The van der Waals surface area contributed by atoms with Gasteiger partial charge in [-0.2, -0.15) is 9.78 Å². The Morgan fingerprint density at radius 1 is 1.00 bits per heavy atom. The normalized spacial score (nSPS) is 11.6. The molecule has 8 heteroatoms. The van der Waals surface area contributed by atoms with E-state index in [2.05, 4.69) is 29.6 Å². The average Bonchev–Trinajstić information content (AvgIpc) is 3.26. The summed E-state index contributed by atoms with van der Waals surface area (Å²) >= 11 is 0. The first-order chi connectivity index (χ1) is 16.0. The molecule has 0 saturated carbocycles. The molecule has 8 nitrogen and oxygen atoms in total. The fraction of sp³-hybridized carbons (Fsp3) is 0.385. The molecule has 0 aliphatic heterocycles. The molecule has 1 aromatic heterocycles. The summed E-state index contributed by atoms with van der Waals surface area (Å²) in [5.41, 5.74) is 2.67. The topological polar surface area (TPSA) is 86.6 Å². The Balaban J connectivity index is 1.70. The summed E-state index contributed by atoms with van der Waals surface area (Å²) in [5.74, 6) is 1.48. The minimum Gasteiger partial charge on any atom is -0.497 e. The zero-order chi connectivity index (χ0) is 24.9. The van der Waals surface area contributed by atoms with Gasteiger partial charge in [-0.05, 0) is 58.9 Å². The first-order valence-electron chi connectivity index (χ1n) is 11.1. The maximum Gasteiger partial charge on any atom is 0.435 e. The summed E-state index contributed by atoms with van der Waals surface area (Å²) < 4.78 is 17.5. The number of rotatable bonds is 8. The van der Waals surface area contributed by atoms with Gasteiger partial charge in [0, 0.05) is 52.9 Å². The van der Waals surface area contributed by atoms with Crippen molar-refractivity contribution >= 4 is 17.5 Å². The van der Waals surface area contributed by atoms with Crippen LogP contribution in [0.2, 0.25) is 0 Å². The van der Waals surface area contributed by atoms with Gasteiger partial charge in [0.05, 0.1) is 20.4 Å². The highest BCUT2D eigenvalue weighted by Gasteiger charge is 2.20. The summed E-state index contributed by atoms with van der Waals surface area (Å²) in [6, 6.07) is 13.7. The molecule has 0 bridgehead atoms. The lowest BCUT2D eigenvalue weighted by Gasteiger charge is -2.28. The van der Waals surface area contributed by atoms with E-state index < -0.39 is 11.7 Å². The molecule has 0 aliphatic rings. The first-order valence-corrected chi connectivity index (χ1v) is 11.1. The van der Waals surface area contributed by atoms with Crippen LogP contribution >= 0.6 is 0 Å². The lowest BCUT2D eigenvalue weighted by molar-refractivity contribution is 0.0514. The van der Waals surface area contributed by atoms with Crippen molar-refractivity contribution in [2.45, 2.75) is 45.8 Å². The summed E-state index contributed by atoms with van der Waals surface area (Å²) in [6.45, 7) is 10.4. The Hall–Kier alpha value is -3.68. The molecule has 34 heavy (non-hydrogen) atoms. The molecule has 0 amide bonds. The van der Waals surface area contributed by atoms with Crippen LogP contribution in [0.5, 0.6) is 11.5 Å². The van der Waals surface area contributed by atoms with Gasteiger partial charge in [0.15, 0.2) is 0 Å². The predicted octanol–water partition coefficient (Wildman–Crippen LogP) is 5.65. The third-order valence-corrected chi connectivity index (χ3v) is 4.96. The molecular weight excluding hydrogens is 432 g/mol. The molecule has 3 aromatic rings. The molecular formula is C26H34N4O4. The highest BCUT2D eigenvalue weighted by molar-refractivity contribution is 5.76. The molecule has 0 aliphatic carbocycles. The third-order valence-electron chi connectivity index (χ3n) is 4.96. The number of ether oxygens (including phenoxy) is 3. The van der Waals surface area contributed by atoms with Crippen LogP contribution in [0.1, 0.15) is 34.6 Å². The maximum atomic E-state index is 12.3. The van der Waals surface area contributed by atoms with E-state index in [0.717, 1.165) is 28.3 Å². The van der Waals surface area contributed by atoms with E-state index in [-0.39, 0.29) is 5.54 Å². The van der Waals surface area contributed by atoms with Crippen molar-refractivity contribution in [2.24, 2.45) is 0 Å². The second-order valence-corrected chi connectivity index (χ2v) is 9.66. The molecule has 0 saturated heterocycles. The minimum atomic E-state index is -0.594.